The van der Waals surface area contributed by atoms with Gasteiger partial charge in [-0.2, -0.15) is 5.10 Å². The number of nitrogens with zero attached hydrogens (tertiary/aromatic N) is 5. The summed E-state index contributed by atoms with van der Waals surface area (Å²) < 4.78 is 42.4. The van der Waals surface area contributed by atoms with E-state index in [9.17, 15) is 13.6 Å². The number of alkyl halides is 2. The number of halogens is 2. The number of amides is 1. The lowest BCUT2D eigenvalue weighted by Gasteiger charge is -2.38. The van der Waals surface area contributed by atoms with Crippen LogP contribution < -0.4 is 5.32 Å². The van der Waals surface area contributed by atoms with E-state index in [0.29, 0.717) is 23.5 Å². The molecule has 2 aliphatic rings. The zero-order valence-electron chi connectivity index (χ0n) is 18.7. The summed E-state index contributed by atoms with van der Waals surface area (Å²) in [5.41, 5.74) is -0.114. The summed E-state index contributed by atoms with van der Waals surface area (Å²) in [7, 11) is 0. The van der Waals surface area contributed by atoms with Crippen LogP contribution in [0.15, 0.2) is 12.5 Å². The van der Waals surface area contributed by atoms with E-state index < -0.39 is 30.1 Å². The Balaban J connectivity index is 1.41. The molecule has 2 aromatic rings. The average molecular weight is 453 g/mol. The van der Waals surface area contributed by atoms with Gasteiger partial charge in [0, 0.05) is 25.6 Å². The first kappa shape index (κ1) is 22.6. The van der Waals surface area contributed by atoms with Crippen LogP contribution in [-0.2, 0) is 9.47 Å². The summed E-state index contributed by atoms with van der Waals surface area (Å²) in [6, 6.07) is 0. The van der Waals surface area contributed by atoms with E-state index >= 15 is 0 Å². The molecule has 4 heterocycles. The summed E-state index contributed by atoms with van der Waals surface area (Å²) >= 11 is 0. The van der Waals surface area contributed by atoms with Crippen molar-refractivity contribution in [1.29, 1.82) is 0 Å². The minimum absolute atomic E-state index is 0.0202. The molecule has 2 aromatic heterocycles. The molecule has 32 heavy (non-hydrogen) atoms. The van der Waals surface area contributed by atoms with Crippen molar-refractivity contribution in [2.24, 2.45) is 5.92 Å². The fourth-order valence-corrected chi connectivity index (χ4v) is 4.07. The van der Waals surface area contributed by atoms with Crippen molar-refractivity contribution in [2.75, 3.05) is 31.6 Å². The van der Waals surface area contributed by atoms with Crippen LogP contribution in [0.3, 0.4) is 0 Å². The third kappa shape index (κ3) is 4.92. The van der Waals surface area contributed by atoms with E-state index in [0.717, 1.165) is 24.2 Å². The molecular formula is C21H30F2N6O3. The number of aromatic nitrogens is 4. The van der Waals surface area contributed by atoms with E-state index in [4.69, 9.17) is 9.47 Å². The van der Waals surface area contributed by atoms with Gasteiger partial charge in [-0.3, -0.25) is 0 Å². The fraction of sp³-hybridized carbons (Fsp3) is 0.714. The van der Waals surface area contributed by atoms with Crippen molar-refractivity contribution in [3.05, 3.63) is 12.5 Å². The highest BCUT2D eigenvalue weighted by atomic mass is 19.3. The molecule has 1 N–H and O–H groups in total. The molecule has 4 rings (SSSR count). The molecular weight excluding hydrogens is 422 g/mol. The van der Waals surface area contributed by atoms with Gasteiger partial charge in [0.2, 0.25) is 0 Å². The molecule has 0 aromatic carbocycles. The number of carbonyl (C=O) groups is 1. The van der Waals surface area contributed by atoms with Gasteiger partial charge in [0.15, 0.2) is 11.9 Å². The summed E-state index contributed by atoms with van der Waals surface area (Å²) in [5.74, 6) is -3.53. The second-order valence-electron chi connectivity index (χ2n) is 9.40. The van der Waals surface area contributed by atoms with Crippen LogP contribution in [0, 0.1) is 5.92 Å². The van der Waals surface area contributed by atoms with E-state index in [1.807, 2.05) is 0 Å². The maximum atomic E-state index is 14.8. The molecule has 0 aliphatic carbocycles. The normalized spacial score (nSPS) is 23.8. The number of fused-ring (bicyclic) bond motifs is 1. The van der Waals surface area contributed by atoms with Crippen molar-refractivity contribution in [3.63, 3.8) is 0 Å². The van der Waals surface area contributed by atoms with Gasteiger partial charge in [-0.25, -0.2) is 28.2 Å². The standard InChI is InChI=1S/C21H30F2N6O3/c1-20(2,3)32-19(30)28-8-7-14(21(22,23)12-28)10-24-17-15-11-27-29(18(15)26-13-25-17)16-6-4-5-9-31-16/h11,13-14,16H,4-10,12H2,1-3H3,(H,24,25,26)/t14-,16-/m1/s1. The lowest BCUT2D eigenvalue weighted by atomic mass is 9.93. The highest BCUT2D eigenvalue weighted by molar-refractivity contribution is 5.86. The highest BCUT2D eigenvalue weighted by Gasteiger charge is 2.46. The number of carbonyl (C=O) groups excluding carboxylic acids is 1. The number of hydrogen-bond donors (Lipinski definition) is 1. The van der Waals surface area contributed by atoms with Crippen molar-refractivity contribution in [3.8, 4) is 0 Å². The van der Waals surface area contributed by atoms with Crippen molar-refractivity contribution < 1.29 is 23.0 Å². The van der Waals surface area contributed by atoms with Gasteiger partial charge < -0.3 is 19.7 Å². The molecule has 2 atom stereocenters. The van der Waals surface area contributed by atoms with Crippen LogP contribution in [0.5, 0.6) is 0 Å². The molecule has 0 saturated carbocycles. The average Bonchev–Trinajstić information content (AvgIpc) is 3.16. The maximum Gasteiger partial charge on any atom is 0.410 e. The Hall–Kier alpha value is -2.56. The lowest BCUT2D eigenvalue weighted by Crippen LogP contribution is -2.53. The predicted octanol–water partition coefficient (Wildman–Crippen LogP) is 3.83. The number of rotatable bonds is 4. The molecule has 0 spiro atoms. The largest absolute Gasteiger partial charge is 0.444 e. The second kappa shape index (κ2) is 8.76. The summed E-state index contributed by atoms with van der Waals surface area (Å²) in [4.78, 5) is 21.8. The monoisotopic (exact) mass is 452 g/mol. The van der Waals surface area contributed by atoms with Gasteiger partial charge in [0.25, 0.3) is 5.92 Å². The Kier molecular flexibility index (Phi) is 6.19. The molecule has 2 aliphatic heterocycles. The molecule has 1 amide bonds. The molecule has 176 valence electrons. The fourth-order valence-electron chi connectivity index (χ4n) is 4.07. The quantitative estimate of drug-likeness (QED) is 0.753. The third-order valence-electron chi connectivity index (χ3n) is 5.73. The first-order chi connectivity index (χ1) is 15.1. The Morgan fingerprint density at radius 2 is 2.12 bits per heavy atom. The van der Waals surface area contributed by atoms with Crippen molar-refractivity contribution in [1.82, 2.24) is 24.6 Å². The summed E-state index contributed by atoms with van der Waals surface area (Å²) in [6.07, 6.45) is 5.24. The third-order valence-corrected chi connectivity index (χ3v) is 5.73. The van der Waals surface area contributed by atoms with Crippen molar-refractivity contribution >= 4 is 22.9 Å². The summed E-state index contributed by atoms with van der Waals surface area (Å²) in [5, 5.41) is 8.12. The second-order valence-corrected chi connectivity index (χ2v) is 9.40. The predicted molar refractivity (Wildman–Crippen MR) is 114 cm³/mol. The molecule has 0 bridgehead atoms. The topological polar surface area (TPSA) is 94.4 Å². The molecule has 9 nitrogen and oxygen atoms in total. The first-order valence-corrected chi connectivity index (χ1v) is 11.0. The van der Waals surface area contributed by atoms with E-state index in [2.05, 4.69) is 20.4 Å². The van der Waals surface area contributed by atoms with Gasteiger partial charge in [-0.15, -0.1) is 0 Å². The first-order valence-electron chi connectivity index (χ1n) is 11.0. The number of piperidine rings is 1. The minimum atomic E-state index is -3.05. The Labute approximate surface area is 185 Å². The molecule has 0 radical (unpaired) electrons. The van der Waals surface area contributed by atoms with E-state index in [-0.39, 0.29) is 25.7 Å². The lowest BCUT2D eigenvalue weighted by molar-refractivity contribution is -0.106. The number of ether oxygens (including phenoxy) is 2. The zero-order valence-corrected chi connectivity index (χ0v) is 18.7. The maximum absolute atomic E-state index is 14.8. The number of hydrogen-bond acceptors (Lipinski definition) is 7. The van der Waals surface area contributed by atoms with Gasteiger partial charge in [0.05, 0.1) is 18.1 Å². The van der Waals surface area contributed by atoms with Crippen molar-refractivity contribution in [2.45, 2.75) is 64.2 Å². The number of likely N-dealkylation sites (tertiary alicyclic amines) is 1. The van der Waals surface area contributed by atoms with E-state index in [1.165, 1.54) is 6.33 Å². The van der Waals surface area contributed by atoms with Crippen LogP contribution in [-0.4, -0.2) is 68.5 Å². The highest BCUT2D eigenvalue weighted by Crippen LogP contribution is 2.34. The SMILES string of the molecule is CC(C)(C)OC(=O)N1CC[C@H](CNc2ncnc3c2cnn3[C@H]2CCCCO2)C(F)(F)C1. The Bertz CT molecular complexity index is 955. The molecule has 0 unspecified atom stereocenters. The number of anilines is 1. The van der Waals surface area contributed by atoms with Crippen LogP contribution >= 0.6 is 0 Å². The minimum Gasteiger partial charge on any atom is -0.444 e. The summed E-state index contributed by atoms with van der Waals surface area (Å²) in [6.45, 7) is 5.39. The number of nitrogens with one attached hydrogen (secondary N) is 1. The molecule has 2 saturated heterocycles. The zero-order chi connectivity index (χ0) is 22.9. The molecule has 2 fully saturated rings. The van der Waals surface area contributed by atoms with E-state index in [1.54, 1.807) is 31.6 Å². The Morgan fingerprint density at radius 3 is 2.81 bits per heavy atom. The van der Waals surface area contributed by atoms with Crippen LogP contribution in [0.25, 0.3) is 11.0 Å². The molecule has 11 heteroatoms. The van der Waals surface area contributed by atoms with Gasteiger partial charge in [0.1, 0.15) is 17.7 Å². The smallest absolute Gasteiger partial charge is 0.410 e. The van der Waals surface area contributed by atoms with Crippen LogP contribution in [0.1, 0.15) is 52.7 Å². The van der Waals surface area contributed by atoms with Crippen LogP contribution in [0.2, 0.25) is 0 Å². The van der Waals surface area contributed by atoms with Gasteiger partial charge in [-0.05, 0) is 46.5 Å². The van der Waals surface area contributed by atoms with Gasteiger partial charge >= 0.3 is 6.09 Å². The van der Waals surface area contributed by atoms with Gasteiger partial charge in [-0.1, -0.05) is 0 Å². The van der Waals surface area contributed by atoms with Crippen LogP contribution in [0.4, 0.5) is 19.4 Å². The Morgan fingerprint density at radius 1 is 1.31 bits per heavy atom.